The van der Waals surface area contributed by atoms with Crippen LogP contribution in [0.15, 0.2) is 30.3 Å². The number of ketones is 1. The quantitative estimate of drug-likeness (QED) is 0.829. The van der Waals surface area contributed by atoms with Crippen LogP contribution in [0.25, 0.3) is 0 Å². The zero-order valence-electron chi connectivity index (χ0n) is 11.9. The Morgan fingerprint density at radius 2 is 1.70 bits per heavy atom. The summed E-state index contributed by atoms with van der Waals surface area (Å²) in [7, 11) is 1.84. The normalized spacial score (nSPS) is 29.1. The van der Waals surface area contributed by atoms with Crippen LogP contribution in [-0.4, -0.2) is 18.7 Å². The third-order valence-electron chi connectivity index (χ3n) is 4.87. The molecule has 1 aromatic carbocycles. The number of carbonyl (C=O) groups excluding carboxylic acids is 2. The predicted octanol–water partition coefficient (Wildman–Crippen LogP) is 3.04. The van der Waals surface area contributed by atoms with E-state index in [0.717, 1.165) is 37.8 Å². The Morgan fingerprint density at radius 1 is 1.10 bits per heavy atom. The number of hydrogen-bond donors (Lipinski definition) is 0. The lowest BCUT2D eigenvalue weighted by Gasteiger charge is -2.38. The van der Waals surface area contributed by atoms with Gasteiger partial charge in [0.05, 0.1) is 0 Å². The highest BCUT2D eigenvalue weighted by atomic mass is 16.2. The van der Waals surface area contributed by atoms with Crippen molar-refractivity contribution in [3.05, 3.63) is 30.3 Å². The van der Waals surface area contributed by atoms with Gasteiger partial charge in [-0.3, -0.25) is 9.59 Å². The van der Waals surface area contributed by atoms with Gasteiger partial charge in [0.2, 0.25) is 5.91 Å². The maximum Gasteiger partial charge on any atom is 0.229 e. The standard InChI is InChI=1S/C17H21NO2/c1-18(15-8-3-2-4-9-15)17(20)14-10-12-6-5-7-13(11-14)16(12)19/h2-4,8-9,12-14H,5-7,10-11H2,1H3. The lowest BCUT2D eigenvalue weighted by Crippen LogP contribution is -2.43. The maximum absolute atomic E-state index is 12.7. The van der Waals surface area contributed by atoms with Crippen LogP contribution in [-0.2, 0) is 9.59 Å². The van der Waals surface area contributed by atoms with Crippen LogP contribution in [0.1, 0.15) is 32.1 Å². The number of para-hydroxylation sites is 1. The Hall–Kier alpha value is -1.64. The highest BCUT2D eigenvalue weighted by Gasteiger charge is 2.41. The number of fused-ring (bicyclic) bond motifs is 2. The first-order chi connectivity index (χ1) is 9.66. The predicted molar refractivity (Wildman–Crippen MR) is 78.4 cm³/mol. The summed E-state index contributed by atoms with van der Waals surface area (Å²) in [6, 6.07) is 9.74. The summed E-state index contributed by atoms with van der Waals surface area (Å²) in [5.74, 6) is 0.887. The van der Waals surface area contributed by atoms with Crippen molar-refractivity contribution in [1.82, 2.24) is 0 Å². The number of rotatable bonds is 2. The van der Waals surface area contributed by atoms with Crippen molar-refractivity contribution in [3.8, 4) is 0 Å². The molecule has 2 fully saturated rings. The summed E-state index contributed by atoms with van der Waals surface area (Å²) >= 11 is 0. The molecule has 0 spiro atoms. The van der Waals surface area contributed by atoms with Crippen molar-refractivity contribution in [2.24, 2.45) is 17.8 Å². The molecule has 2 bridgehead atoms. The van der Waals surface area contributed by atoms with E-state index < -0.39 is 0 Å². The molecule has 0 saturated heterocycles. The van der Waals surface area contributed by atoms with Crippen LogP contribution in [0.5, 0.6) is 0 Å². The summed E-state index contributed by atoms with van der Waals surface area (Å²) < 4.78 is 0. The Labute approximate surface area is 120 Å². The van der Waals surface area contributed by atoms with E-state index in [1.54, 1.807) is 4.90 Å². The van der Waals surface area contributed by atoms with Gasteiger partial charge in [-0.2, -0.15) is 0 Å². The molecule has 2 saturated carbocycles. The van der Waals surface area contributed by atoms with Crippen molar-refractivity contribution >= 4 is 17.4 Å². The first-order valence-electron chi connectivity index (χ1n) is 7.53. The molecule has 1 amide bonds. The number of amides is 1. The van der Waals surface area contributed by atoms with Crippen LogP contribution >= 0.6 is 0 Å². The number of anilines is 1. The molecule has 2 unspecified atom stereocenters. The smallest absolute Gasteiger partial charge is 0.229 e. The highest BCUT2D eigenvalue weighted by Crippen LogP contribution is 2.40. The number of benzene rings is 1. The monoisotopic (exact) mass is 271 g/mol. The number of Topliss-reactive ketones (excluding diaryl/α,β-unsaturated/α-hetero) is 1. The van der Waals surface area contributed by atoms with Gasteiger partial charge >= 0.3 is 0 Å². The molecule has 2 aliphatic rings. The van der Waals surface area contributed by atoms with E-state index in [1.807, 2.05) is 37.4 Å². The van der Waals surface area contributed by atoms with E-state index in [2.05, 4.69) is 0 Å². The van der Waals surface area contributed by atoms with Gasteiger partial charge in [-0.1, -0.05) is 24.6 Å². The lowest BCUT2D eigenvalue weighted by atomic mass is 9.67. The second-order valence-electron chi connectivity index (χ2n) is 6.13. The van der Waals surface area contributed by atoms with E-state index in [9.17, 15) is 9.59 Å². The van der Waals surface area contributed by atoms with Crippen LogP contribution in [0.4, 0.5) is 5.69 Å². The van der Waals surface area contributed by atoms with Gasteiger partial charge < -0.3 is 4.90 Å². The molecule has 2 aliphatic carbocycles. The topological polar surface area (TPSA) is 37.4 Å². The molecule has 1 aromatic rings. The van der Waals surface area contributed by atoms with E-state index in [0.29, 0.717) is 5.78 Å². The van der Waals surface area contributed by atoms with Gasteiger partial charge in [-0.25, -0.2) is 0 Å². The average molecular weight is 271 g/mol. The molecule has 2 atom stereocenters. The molecular weight excluding hydrogens is 250 g/mol. The summed E-state index contributed by atoms with van der Waals surface area (Å²) in [5, 5.41) is 0. The summed E-state index contributed by atoms with van der Waals surface area (Å²) in [4.78, 5) is 26.5. The van der Waals surface area contributed by atoms with Crippen molar-refractivity contribution in [2.75, 3.05) is 11.9 Å². The minimum absolute atomic E-state index is 0.0215. The Balaban J connectivity index is 1.73. The zero-order valence-corrected chi connectivity index (χ0v) is 11.9. The van der Waals surface area contributed by atoms with Gasteiger partial charge in [0.1, 0.15) is 5.78 Å². The molecule has 3 nitrogen and oxygen atoms in total. The zero-order chi connectivity index (χ0) is 14.1. The molecule has 0 radical (unpaired) electrons. The first kappa shape index (κ1) is 13.3. The third kappa shape index (κ3) is 2.37. The maximum atomic E-state index is 12.7. The number of hydrogen-bond acceptors (Lipinski definition) is 2. The van der Waals surface area contributed by atoms with Crippen molar-refractivity contribution in [1.29, 1.82) is 0 Å². The summed E-state index contributed by atoms with van der Waals surface area (Å²) in [6.07, 6.45) is 4.62. The second-order valence-corrected chi connectivity index (χ2v) is 6.13. The van der Waals surface area contributed by atoms with Gasteiger partial charge in [0.15, 0.2) is 0 Å². The molecule has 3 rings (SSSR count). The molecule has 3 heteroatoms. The van der Waals surface area contributed by atoms with Crippen LogP contribution in [0.3, 0.4) is 0 Å². The molecule has 0 N–H and O–H groups in total. The van der Waals surface area contributed by atoms with E-state index in [1.165, 1.54) is 0 Å². The Bertz CT molecular complexity index is 495. The average Bonchev–Trinajstić information content (AvgIpc) is 2.46. The lowest BCUT2D eigenvalue weighted by molar-refractivity contribution is -0.136. The molecule has 0 aromatic heterocycles. The van der Waals surface area contributed by atoms with Crippen molar-refractivity contribution < 1.29 is 9.59 Å². The minimum Gasteiger partial charge on any atom is -0.315 e. The fraction of sp³-hybridized carbons (Fsp3) is 0.529. The molecule has 0 heterocycles. The third-order valence-corrected chi connectivity index (χ3v) is 4.87. The van der Waals surface area contributed by atoms with Gasteiger partial charge in [0, 0.05) is 30.5 Å². The number of carbonyl (C=O) groups is 2. The largest absolute Gasteiger partial charge is 0.315 e. The van der Waals surface area contributed by atoms with Crippen molar-refractivity contribution in [3.63, 3.8) is 0 Å². The fourth-order valence-corrected chi connectivity index (χ4v) is 3.73. The summed E-state index contributed by atoms with van der Waals surface area (Å²) in [6.45, 7) is 0. The Kier molecular flexibility index (Phi) is 3.60. The van der Waals surface area contributed by atoms with Crippen LogP contribution < -0.4 is 4.90 Å². The SMILES string of the molecule is CN(C(=O)C1CC2CCCC(C1)C2=O)c1ccccc1. The second kappa shape index (κ2) is 5.39. The van der Waals surface area contributed by atoms with E-state index in [4.69, 9.17) is 0 Å². The van der Waals surface area contributed by atoms with Gasteiger partial charge in [-0.15, -0.1) is 0 Å². The fourth-order valence-electron chi connectivity index (χ4n) is 3.73. The van der Waals surface area contributed by atoms with Gasteiger partial charge in [0.25, 0.3) is 0 Å². The molecule has 0 aliphatic heterocycles. The van der Waals surface area contributed by atoms with Crippen molar-refractivity contribution in [2.45, 2.75) is 32.1 Å². The van der Waals surface area contributed by atoms with E-state index in [-0.39, 0.29) is 23.7 Å². The highest BCUT2D eigenvalue weighted by molar-refractivity contribution is 5.96. The molecule has 20 heavy (non-hydrogen) atoms. The number of nitrogens with zero attached hydrogens (tertiary/aromatic N) is 1. The first-order valence-corrected chi connectivity index (χ1v) is 7.53. The Morgan fingerprint density at radius 3 is 2.30 bits per heavy atom. The summed E-state index contributed by atoms with van der Waals surface area (Å²) in [5.41, 5.74) is 0.930. The molecular formula is C17H21NO2. The molecule has 106 valence electrons. The van der Waals surface area contributed by atoms with E-state index >= 15 is 0 Å². The van der Waals surface area contributed by atoms with Crippen LogP contribution in [0, 0.1) is 17.8 Å². The van der Waals surface area contributed by atoms with Crippen LogP contribution in [0.2, 0.25) is 0 Å². The van der Waals surface area contributed by atoms with Gasteiger partial charge in [-0.05, 0) is 37.8 Å². The minimum atomic E-state index is 0.0215.